The molecule has 1 aromatic heterocycles. The van der Waals surface area contributed by atoms with Gasteiger partial charge in [0.25, 0.3) is 0 Å². The minimum atomic E-state index is -0.809. The van der Waals surface area contributed by atoms with Crippen LogP contribution in [0.3, 0.4) is 0 Å². The van der Waals surface area contributed by atoms with Crippen LogP contribution in [0, 0.1) is 6.92 Å². The molecule has 0 amide bonds. The van der Waals surface area contributed by atoms with Gasteiger partial charge in [-0.3, -0.25) is 9.78 Å². The molecule has 0 bridgehead atoms. The van der Waals surface area contributed by atoms with Crippen LogP contribution in [0.4, 0.5) is 0 Å². The Balaban J connectivity index is 2.47. The number of hydrogen-bond donors (Lipinski definition) is 1. The number of rotatable bonds is 2. The molecule has 86 valence electrons. The fourth-order valence-corrected chi connectivity index (χ4v) is 2.31. The minimum Gasteiger partial charge on any atom is -0.481 e. The van der Waals surface area contributed by atoms with Crippen LogP contribution in [0.1, 0.15) is 24.1 Å². The standard InChI is InChI=1S/C12H15NO3/c1-9-10(3-2-6-13-9)12(11(14)15)4-7-16-8-5-12/h2-3,6H,4-5,7-8H2,1H3,(H,14,15). The van der Waals surface area contributed by atoms with Gasteiger partial charge in [0.2, 0.25) is 0 Å². The number of nitrogens with zero attached hydrogens (tertiary/aromatic N) is 1. The number of hydrogen-bond acceptors (Lipinski definition) is 3. The topological polar surface area (TPSA) is 59.4 Å². The van der Waals surface area contributed by atoms with Crippen molar-refractivity contribution in [3.63, 3.8) is 0 Å². The van der Waals surface area contributed by atoms with Crippen molar-refractivity contribution in [3.05, 3.63) is 29.6 Å². The lowest BCUT2D eigenvalue weighted by molar-refractivity contribution is -0.147. The molecule has 0 unspecified atom stereocenters. The third-order valence-corrected chi connectivity index (χ3v) is 3.28. The van der Waals surface area contributed by atoms with Crippen molar-refractivity contribution in [1.82, 2.24) is 4.98 Å². The molecule has 1 aliphatic rings. The van der Waals surface area contributed by atoms with Gasteiger partial charge in [0.15, 0.2) is 0 Å². The van der Waals surface area contributed by atoms with Crippen molar-refractivity contribution in [2.75, 3.05) is 13.2 Å². The maximum atomic E-state index is 11.5. The van der Waals surface area contributed by atoms with Gasteiger partial charge in [-0.2, -0.15) is 0 Å². The molecule has 0 aliphatic carbocycles. The van der Waals surface area contributed by atoms with E-state index in [4.69, 9.17) is 4.74 Å². The van der Waals surface area contributed by atoms with Crippen LogP contribution in [-0.2, 0) is 14.9 Å². The second kappa shape index (κ2) is 4.22. The third-order valence-electron chi connectivity index (χ3n) is 3.28. The lowest BCUT2D eigenvalue weighted by Crippen LogP contribution is -2.42. The van der Waals surface area contributed by atoms with Gasteiger partial charge in [-0.1, -0.05) is 6.07 Å². The number of aryl methyl sites for hydroxylation is 1. The Morgan fingerprint density at radius 2 is 2.19 bits per heavy atom. The van der Waals surface area contributed by atoms with Crippen LogP contribution in [0.2, 0.25) is 0 Å². The molecule has 0 aromatic carbocycles. The van der Waals surface area contributed by atoms with E-state index < -0.39 is 11.4 Å². The average molecular weight is 221 g/mol. The lowest BCUT2D eigenvalue weighted by atomic mass is 9.73. The van der Waals surface area contributed by atoms with E-state index in [2.05, 4.69) is 4.98 Å². The van der Waals surface area contributed by atoms with Crippen LogP contribution in [0.5, 0.6) is 0 Å². The van der Waals surface area contributed by atoms with Gasteiger partial charge in [0.1, 0.15) is 0 Å². The third kappa shape index (κ3) is 1.69. The van der Waals surface area contributed by atoms with E-state index in [0.717, 1.165) is 11.3 Å². The molecule has 1 aromatic rings. The van der Waals surface area contributed by atoms with Gasteiger partial charge < -0.3 is 9.84 Å². The van der Waals surface area contributed by atoms with E-state index in [9.17, 15) is 9.90 Å². The Bertz CT molecular complexity index is 397. The van der Waals surface area contributed by atoms with Gasteiger partial charge in [-0.05, 0) is 31.4 Å². The van der Waals surface area contributed by atoms with Crippen molar-refractivity contribution >= 4 is 5.97 Å². The zero-order valence-corrected chi connectivity index (χ0v) is 9.27. The highest BCUT2D eigenvalue weighted by molar-refractivity contribution is 5.81. The summed E-state index contributed by atoms with van der Waals surface area (Å²) in [6, 6.07) is 3.66. The van der Waals surface area contributed by atoms with E-state index in [1.807, 2.05) is 13.0 Å². The van der Waals surface area contributed by atoms with E-state index in [1.165, 1.54) is 0 Å². The summed E-state index contributed by atoms with van der Waals surface area (Å²) in [6.07, 6.45) is 2.73. The Labute approximate surface area is 94.3 Å². The molecule has 1 aliphatic heterocycles. The summed E-state index contributed by atoms with van der Waals surface area (Å²) in [5, 5.41) is 9.48. The zero-order chi connectivity index (χ0) is 11.6. The quantitative estimate of drug-likeness (QED) is 0.822. The SMILES string of the molecule is Cc1ncccc1C1(C(=O)O)CCOCC1. The van der Waals surface area contributed by atoms with Crippen LogP contribution in [-0.4, -0.2) is 29.3 Å². The largest absolute Gasteiger partial charge is 0.481 e. The Hall–Kier alpha value is -1.42. The van der Waals surface area contributed by atoms with E-state index >= 15 is 0 Å². The summed E-state index contributed by atoms with van der Waals surface area (Å²) < 4.78 is 5.25. The number of pyridine rings is 1. The molecule has 4 heteroatoms. The van der Waals surface area contributed by atoms with Crippen LogP contribution < -0.4 is 0 Å². The maximum absolute atomic E-state index is 11.5. The van der Waals surface area contributed by atoms with Gasteiger partial charge in [0, 0.05) is 25.1 Å². The van der Waals surface area contributed by atoms with Crippen molar-refractivity contribution in [2.45, 2.75) is 25.2 Å². The van der Waals surface area contributed by atoms with Crippen molar-refractivity contribution in [2.24, 2.45) is 0 Å². The first-order valence-electron chi connectivity index (χ1n) is 5.40. The second-order valence-corrected chi connectivity index (χ2v) is 4.14. The molecule has 2 heterocycles. The summed E-state index contributed by atoms with van der Waals surface area (Å²) in [7, 11) is 0. The molecule has 1 saturated heterocycles. The molecule has 2 rings (SSSR count). The van der Waals surface area contributed by atoms with Crippen LogP contribution >= 0.6 is 0 Å². The van der Waals surface area contributed by atoms with E-state index in [1.54, 1.807) is 12.3 Å². The maximum Gasteiger partial charge on any atom is 0.314 e. The monoisotopic (exact) mass is 221 g/mol. The highest BCUT2D eigenvalue weighted by Gasteiger charge is 2.42. The highest BCUT2D eigenvalue weighted by atomic mass is 16.5. The first-order chi connectivity index (χ1) is 7.67. The van der Waals surface area contributed by atoms with Crippen LogP contribution in [0.25, 0.3) is 0 Å². The van der Waals surface area contributed by atoms with Crippen molar-refractivity contribution < 1.29 is 14.6 Å². The number of aliphatic carboxylic acids is 1. The molecule has 1 N–H and O–H groups in total. The smallest absolute Gasteiger partial charge is 0.314 e. The van der Waals surface area contributed by atoms with E-state index in [-0.39, 0.29) is 0 Å². The molecular weight excluding hydrogens is 206 g/mol. The number of aromatic nitrogens is 1. The molecular formula is C12H15NO3. The molecule has 16 heavy (non-hydrogen) atoms. The lowest BCUT2D eigenvalue weighted by Gasteiger charge is -2.34. The summed E-state index contributed by atoms with van der Waals surface area (Å²) in [5.74, 6) is -0.771. The first kappa shape index (κ1) is 11.1. The van der Waals surface area contributed by atoms with Crippen molar-refractivity contribution in [3.8, 4) is 0 Å². The number of ether oxygens (including phenoxy) is 1. The molecule has 1 fully saturated rings. The average Bonchev–Trinajstić information content (AvgIpc) is 2.30. The minimum absolute atomic E-state index is 0.501. The fraction of sp³-hybridized carbons (Fsp3) is 0.500. The second-order valence-electron chi connectivity index (χ2n) is 4.14. The molecule has 4 nitrogen and oxygen atoms in total. The normalized spacial score (nSPS) is 19.3. The Morgan fingerprint density at radius 3 is 2.75 bits per heavy atom. The summed E-state index contributed by atoms with van der Waals surface area (Å²) in [6.45, 7) is 2.86. The summed E-state index contributed by atoms with van der Waals surface area (Å²) in [5.41, 5.74) is 0.814. The van der Waals surface area contributed by atoms with Gasteiger partial charge in [0.05, 0.1) is 5.41 Å². The molecule has 0 radical (unpaired) electrons. The number of carboxylic acids is 1. The van der Waals surface area contributed by atoms with Gasteiger partial charge in [-0.15, -0.1) is 0 Å². The molecule has 0 saturated carbocycles. The molecule has 0 spiro atoms. The molecule has 0 atom stereocenters. The first-order valence-corrected chi connectivity index (χ1v) is 5.40. The highest BCUT2D eigenvalue weighted by Crippen LogP contribution is 2.36. The Kier molecular flexibility index (Phi) is 2.92. The predicted octanol–water partition coefficient (Wildman–Crippen LogP) is 1.52. The zero-order valence-electron chi connectivity index (χ0n) is 9.27. The summed E-state index contributed by atoms with van der Waals surface area (Å²) in [4.78, 5) is 15.7. The van der Waals surface area contributed by atoms with Crippen molar-refractivity contribution in [1.29, 1.82) is 0 Å². The number of carboxylic acid groups (broad SMARTS) is 1. The van der Waals surface area contributed by atoms with Gasteiger partial charge in [-0.25, -0.2) is 0 Å². The summed E-state index contributed by atoms with van der Waals surface area (Å²) >= 11 is 0. The van der Waals surface area contributed by atoms with Crippen LogP contribution in [0.15, 0.2) is 18.3 Å². The fourth-order valence-electron chi connectivity index (χ4n) is 2.31. The van der Waals surface area contributed by atoms with E-state index in [0.29, 0.717) is 26.1 Å². The Morgan fingerprint density at radius 1 is 1.50 bits per heavy atom. The van der Waals surface area contributed by atoms with Gasteiger partial charge >= 0.3 is 5.97 Å². The number of carbonyl (C=O) groups is 1. The predicted molar refractivity (Wildman–Crippen MR) is 58.3 cm³/mol.